The molecule has 0 bridgehead atoms. The van der Waals surface area contributed by atoms with Crippen molar-refractivity contribution in [2.24, 2.45) is 15.9 Å². The smallest absolute Gasteiger partial charge is 0.344 e. The van der Waals surface area contributed by atoms with Crippen LogP contribution in [0.1, 0.15) is 31.9 Å². The Balaban J connectivity index is 1.96. The minimum Gasteiger partial charge on any atom is -0.490 e. The highest BCUT2D eigenvalue weighted by Gasteiger charge is 2.10. The van der Waals surface area contributed by atoms with Gasteiger partial charge in [-0.2, -0.15) is 5.10 Å². The lowest BCUT2D eigenvalue weighted by atomic mass is 10.2. The first-order chi connectivity index (χ1) is 14.5. The Kier molecular flexibility index (Phi) is 9.73. The van der Waals surface area contributed by atoms with Crippen LogP contribution in [0.3, 0.4) is 0 Å². The first kappa shape index (κ1) is 23.3. The maximum Gasteiger partial charge on any atom is 0.344 e. The number of benzene rings is 2. The third-order valence-electron chi connectivity index (χ3n) is 3.57. The van der Waals surface area contributed by atoms with Crippen LogP contribution in [0.5, 0.6) is 11.5 Å². The van der Waals surface area contributed by atoms with Crippen molar-refractivity contribution in [3.63, 3.8) is 0 Å². The molecule has 0 spiro atoms. The Morgan fingerprint density at radius 3 is 2.60 bits per heavy atom. The molecule has 0 fully saturated rings. The Bertz CT molecular complexity index is 870. The molecule has 0 heterocycles. The average Bonchev–Trinajstić information content (AvgIpc) is 2.72. The lowest BCUT2D eigenvalue weighted by Gasteiger charge is -2.13. The molecule has 0 saturated carbocycles. The van der Waals surface area contributed by atoms with Gasteiger partial charge in [-0.3, -0.25) is 0 Å². The normalized spacial score (nSPS) is 11.7. The van der Waals surface area contributed by atoms with Gasteiger partial charge in [0.1, 0.15) is 0 Å². The van der Waals surface area contributed by atoms with Gasteiger partial charge in [0.05, 0.1) is 18.9 Å². The Morgan fingerprint density at radius 1 is 1.13 bits per heavy atom. The third kappa shape index (κ3) is 8.57. The van der Waals surface area contributed by atoms with Gasteiger partial charge in [-0.15, -0.1) is 5.10 Å². The fraction of sp³-hybridized carbons (Fsp3) is 0.318. The predicted octanol–water partition coefficient (Wildman–Crippen LogP) is 4.00. The number of hydrogen-bond donors (Lipinski definition) is 1. The van der Waals surface area contributed by atoms with Crippen molar-refractivity contribution in [2.45, 2.75) is 32.6 Å². The van der Waals surface area contributed by atoms with E-state index in [2.05, 4.69) is 10.2 Å². The summed E-state index contributed by atoms with van der Waals surface area (Å²) in [7, 11) is 0. The number of esters is 1. The van der Waals surface area contributed by atoms with Gasteiger partial charge in [-0.25, -0.2) is 4.79 Å². The Hall–Kier alpha value is -3.00. The van der Waals surface area contributed by atoms with Crippen LogP contribution in [0, 0.1) is 0 Å². The molecule has 0 aliphatic heterocycles. The van der Waals surface area contributed by atoms with Crippen molar-refractivity contribution in [3.05, 3.63) is 59.7 Å². The van der Waals surface area contributed by atoms with E-state index in [1.165, 1.54) is 17.3 Å². The lowest BCUT2D eigenvalue weighted by Crippen LogP contribution is -2.19. The molecule has 2 rings (SSSR count). The fourth-order valence-corrected chi connectivity index (χ4v) is 2.95. The second kappa shape index (κ2) is 12.5. The van der Waals surface area contributed by atoms with Crippen LogP contribution in [0.2, 0.25) is 0 Å². The second-order valence-electron chi connectivity index (χ2n) is 6.42. The summed E-state index contributed by atoms with van der Waals surface area (Å²) in [5.74, 6) is 1.26. The SMILES string of the molecule is CCOc1cc(C=NN=C(N)SCc2ccccc2)ccc1OCC(=O)OC(C)C. The molecular formula is C22H27N3O4S. The van der Waals surface area contributed by atoms with Crippen molar-refractivity contribution >= 4 is 29.1 Å². The third-order valence-corrected chi connectivity index (χ3v) is 4.43. The first-order valence-corrected chi connectivity index (χ1v) is 10.6. The lowest BCUT2D eigenvalue weighted by molar-refractivity contribution is -0.149. The van der Waals surface area contributed by atoms with Gasteiger partial charge >= 0.3 is 5.97 Å². The zero-order chi connectivity index (χ0) is 21.8. The van der Waals surface area contributed by atoms with E-state index in [1.807, 2.05) is 37.3 Å². The van der Waals surface area contributed by atoms with E-state index in [-0.39, 0.29) is 12.7 Å². The molecule has 0 aliphatic carbocycles. The summed E-state index contributed by atoms with van der Waals surface area (Å²) >= 11 is 1.42. The van der Waals surface area contributed by atoms with E-state index < -0.39 is 5.97 Å². The van der Waals surface area contributed by atoms with Crippen LogP contribution in [-0.2, 0) is 15.3 Å². The number of ether oxygens (including phenoxy) is 3. The number of carbonyl (C=O) groups is 1. The van der Waals surface area contributed by atoms with E-state index in [4.69, 9.17) is 19.9 Å². The van der Waals surface area contributed by atoms with E-state index in [0.29, 0.717) is 23.3 Å². The van der Waals surface area contributed by atoms with Gasteiger partial charge in [-0.1, -0.05) is 42.1 Å². The van der Waals surface area contributed by atoms with Crippen LogP contribution < -0.4 is 15.2 Å². The van der Waals surface area contributed by atoms with Crippen LogP contribution >= 0.6 is 11.8 Å². The zero-order valence-corrected chi connectivity index (χ0v) is 18.2. The highest BCUT2D eigenvalue weighted by molar-refractivity contribution is 8.13. The molecule has 0 amide bonds. The largest absolute Gasteiger partial charge is 0.490 e. The summed E-state index contributed by atoms with van der Waals surface area (Å²) in [6.45, 7) is 5.70. The molecule has 0 aliphatic rings. The van der Waals surface area contributed by atoms with E-state index >= 15 is 0 Å². The van der Waals surface area contributed by atoms with E-state index in [1.54, 1.807) is 38.3 Å². The number of thioether (sulfide) groups is 1. The van der Waals surface area contributed by atoms with Crippen molar-refractivity contribution in [2.75, 3.05) is 13.2 Å². The minimum absolute atomic E-state index is 0.189. The van der Waals surface area contributed by atoms with E-state index in [0.717, 1.165) is 11.3 Å². The zero-order valence-electron chi connectivity index (χ0n) is 17.4. The molecule has 0 atom stereocenters. The Morgan fingerprint density at radius 2 is 1.90 bits per heavy atom. The molecular weight excluding hydrogens is 402 g/mol. The summed E-state index contributed by atoms with van der Waals surface area (Å²) in [5, 5.41) is 8.43. The summed E-state index contributed by atoms with van der Waals surface area (Å²) in [6, 6.07) is 15.3. The quantitative estimate of drug-likeness (QED) is 0.265. The molecule has 7 nitrogen and oxygen atoms in total. The second-order valence-corrected chi connectivity index (χ2v) is 7.42. The van der Waals surface area contributed by atoms with Gasteiger partial charge in [0.25, 0.3) is 0 Å². The molecule has 0 radical (unpaired) electrons. The summed E-state index contributed by atoms with van der Waals surface area (Å²) < 4.78 is 16.2. The first-order valence-electron chi connectivity index (χ1n) is 9.60. The van der Waals surface area contributed by atoms with Gasteiger partial charge in [0.15, 0.2) is 23.3 Å². The molecule has 8 heteroatoms. The summed E-state index contributed by atoms with van der Waals surface area (Å²) in [6.07, 6.45) is 1.39. The molecule has 160 valence electrons. The van der Waals surface area contributed by atoms with Crippen LogP contribution in [0.4, 0.5) is 0 Å². The van der Waals surface area contributed by atoms with Crippen LogP contribution in [-0.4, -0.2) is 36.7 Å². The number of rotatable bonds is 10. The van der Waals surface area contributed by atoms with Crippen molar-refractivity contribution in [1.29, 1.82) is 0 Å². The summed E-state index contributed by atoms with van der Waals surface area (Å²) in [4.78, 5) is 11.7. The van der Waals surface area contributed by atoms with Gasteiger partial charge < -0.3 is 19.9 Å². The van der Waals surface area contributed by atoms with Crippen molar-refractivity contribution in [1.82, 2.24) is 0 Å². The summed E-state index contributed by atoms with van der Waals surface area (Å²) in [5.41, 5.74) is 7.83. The van der Waals surface area contributed by atoms with Crippen LogP contribution in [0.15, 0.2) is 58.7 Å². The topological polar surface area (TPSA) is 95.5 Å². The maximum absolute atomic E-state index is 11.7. The van der Waals surface area contributed by atoms with Crippen LogP contribution in [0.25, 0.3) is 0 Å². The number of amidine groups is 1. The molecule has 2 aromatic rings. The van der Waals surface area contributed by atoms with E-state index in [9.17, 15) is 4.79 Å². The number of hydrogen-bond acceptors (Lipinski definition) is 7. The predicted molar refractivity (Wildman–Crippen MR) is 121 cm³/mol. The molecule has 2 aromatic carbocycles. The molecule has 0 aromatic heterocycles. The molecule has 2 N–H and O–H groups in total. The van der Waals surface area contributed by atoms with Crippen molar-refractivity contribution < 1.29 is 19.0 Å². The number of nitrogens with two attached hydrogens (primary N) is 1. The highest BCUT2D eigenvalue weighted by Crippen LogP contribution is 2.28. The average molecular weight is 430 g/mol. The standard InChI is InChI=1S/C22H27N3O4S/c1-4-27-20-12-18(10-11-19(20)28-14-21(26)29-16(2)3)13-24-25-22(23)30-15-17-8-6-5-7-9-17/h5-13,16H,4,14-15H2,1-3H3,(H2,23,25). The minimum atomic E-state index is -0.434. The van der Waals surface area contributed by atoms with Gasteiger partial charge in [-0.05, 0) is 50.1 Å². The maximum atomic E-state index is 11.7. The van der Waals surface area contributed by atoms with Crippen molar-refractivity contribution in [3.8, 4) is 11.5 Å². The number of nitrogens with zero attached hydrogens (tertiary/aromatic N) is 2. The molecule has 0 unspecified atom stereocenters. The highest BCUT2D eigenvalue weighted by atomic mass is 32.2. The van der Waals surface area contributed by atoms with Gasteiger partial charge in [0, 0.05) is 5.75 Å². The molecule has 30 heavy (non-hydrogen) atoms. The molecule has 0 saturated heterocycles. The Labute approximate surface area is 181 Å². The van der Waals surface area contributed by atoms with Gasteiger partial charge in [0.2, 0.25) is 0 Å². The fourth-order valence-electron chi connectivity index (χ4n) is 2.34. The number of carbonyl (C=O) groups excluding carboxylic acids is 1. The monoisotopic (exact) mass is 429 g/mol.